The molecule has 14 nitrogen and oxygen atoms in total. The van der Waals surface area contributed by atoms with Gasteiger partial charge < -0.3 is 38.2 Å². The van der Waals surface area contributed by atoms with E-state index in [2.05, 4.69) is 20.9 Å². The molecule has 15 heteroatoms. The number of ether oxygens (including phenoxy) is 3. The Hall–Kier alpha value is -4.45. The molecule has 3 rings (SSSR count). The predicted octanol–water partition coefficient (Wildman–Crippen LogP) is 1.40. The van der Waals surface area contributed by atoms with Gasteiger partial charge in [0.05, 0.1) is 6.33 Å². The molecule has 1 amide bonds. The third-order valence-electron chi connectivity index (χ3n) is 5.69. The number of nitrogen functional groups attached to an aromatic ring is 1. The number of fused-ring (bicyclic) bond motifs is 1. The molecule has 38 heavy (non-hydrogen) atoms. The van der Waals surface area contributed by atoms with Crippen LogP contribution < -0.4 is 11.6 Å². The number of carbonyl (C=O) groups is 2. The Morgan fingerprint density at radius 2 is 2.08 bits per heavy atom. The Morgan fingerprint density at radius 1 is 1.32 bits per heavy atom. The average molecular weight is 535 g/mol. The normalized spacial score (nSPS) is 12.6. The van der Waals surface area contributed by atoms with Gasteiger partial charge in [0.2, 0.25) is 0 Å². The van der Waals surface area contributed by atoms with Crippen LogP contribution in [0.5, 0.6) is 0 Å². The Bertz CT molecular complexity index is 1390. The number of amides is 1. The van der Waals surface area contributed by atoms with Crippen molar-refractivity contribution in [2.24, 2.45) is 0 Å². The first-order chi connectivity index (χ1) is 18.1. The predicted molar refractivity (Wildman–Crippen MR) is 128 cm³/mol. The van der Waals surface area contributed by atoms with Gasteiger partial charge in [-0.2, -0.15) is 14.4 Å². The first kappa shape index (κ1) is 28.1. The van der Waals surface area contributed by atoms with E-state index >= 15 is 0 Å². The second-order valence-electron chi connectivity index (χ2n) is 8.25. The molecule has 2 N–H and O–H groups in total. The quantitative estimate of drug-likeness (QED) is 0.201. The lowest BCUT2D eigenvalue weighted by molar-refractivity contribution is -0.150. The van der Waals surface area contributed by atoms with Gasteiger partial charge in [0.15, 0.2) is 35.2 Å². The second-order valence-corrected chi connectivity index (χ2v) is 8.25. The van der Waals surface area contributed by atoms with Crippen LogP contribution in [0.1, 0.15) is 30.8 Å². The maximum absolute atomic E-state index is 13.6. The van der Waals surface area contributed by atoms with Gasteiger partial charge in [-0.25, -0.2) is 14.6 Å². The van der Waals surface area contributed by atoms with Gasteiger partial charge in [0.25, 0.3) is 0 Å². The van der Waals surface area contributed by atoms with Crippen molar-refractivity contribution in [2.75, 3.05) is 33.0 Å². The molecule has 0 saturated heterocycles. The molecule has 0 aromatic carbocycles. The largest absolute Gasteiger partial charge is 0.519 e. The third-order valence-corrected chi connectivity index (χ3v) is 5.69. The highest BCUT2D eigenvalue weighted by Gasteiger charge is 2.30. The number of anilines is 1. The summed E-state index contributed by atoms with van der Waals surface area (Å²) in [6.45, 7) is 1.43. The fourth-order valence-corrected chi connectivity index (χ4v) is 3.37. The van der Waals surface area contributed by atoms with E-state index in [1.807, 2.05) is 0 Å². The van der Waals surface area contributed by atoms with Crippen LogP contribution in [0.4, 0.5) is 15.0 Å². The van der Waals surface area contributed by atoms with E-state index < -0.39 is 29.6 Å². The minimum absolute atomic E-state index is 0.000663. The van der Waals surface area contributed by atoms with E-state index in [4.69, 9.17) is 35.2 Å². The van der Waals surface area contributed by atoms with Crippen LogP contribution in [0.15, 0.2) is 20.0 Å². The summed E-state index contributed by atoms with van der Waals surface area (Å²) in [5.74, 6) is 1.33. The first-order valence-corrected chi connectivity index (χ1v) is 11.4. The molecule has 204 valence electrons. The Balaban J connectivity index is 1.44. The summed E-state index contributed by atoms with van der Waals surface area (Å²) < 4.78 is 40.4. The minimum Gasteiger partial charge on any atom is -0.462 e. The maximum atomic E-state index is 13.6. The Kier molecular flexibility index (Phi) is 9.02. The lowest BCUT2D eigenvalue weighted by atomic mass is 10.0. The van der Waals surface area contributed by atoms with Gasteiger partial charge in [0.1, 0.15) is 12.1 Å². The van der Waals surface area contributed by atoms with Crippen LogP contribution in [-0.2, 0) is 32.2 Å². The van der Waals surface area contributed by atoms with Crippen molar-refractivity contribution in [3.05, 3.63) is 34.5 Å². The number of methoxy groups -OCH3 is 1. The molecule has 0 fully saturated rings. The number of nitrogens with two attached hydrogens (primary N) is 1. The molecular formula is C23H27FN6O8. The number of esters is 1. The van der Waals surface area contributed by atoms with E-state index in [0.29, 0.717) is 0 Å². The Morgan fingerprint density at radius 3 is 2.74 bits per heavy atom. The minimum atomic E-state index is -1.26. The molecule has 3 aromatic rings. The molecular weight excluding hydrogens is 507 g/mol. The van der Waals surface area contributed by atoms with Crippen LogP contribution in [0.25, 0.3) is 11.2 Å². The zero-order valence-corrected chi connectivity index (χ0v) is 21.1. The van der Waals surface area contributed by atoms with Crippen LogP contribution in [0.3, 0.4) is 0 Å². The number of aromatic nitrogens is 4. The summed E-state index contributed by atoms with van der Waals surface area (Å²) in [5.41, 5.74) is 4.86. The molecule has 1 atom stereocenters. The standard InChI is InChI=1S/C23H27FN6O8/c1-5-23(34-4,8-10-30-13-26-17-18(25)27-20(24)28-19(17)30)12-36-16(31)7-6-9-29(3)21(32)35-11-15-14(2)37-22(33)38-15/h1,13H,6-12H2,2-4H3,(H2,25,27,28). The SMILES string of the molecule is C#CC(CCn1cnc2c(N)nc(F)nc21)(COC(=O)CCCN(C)C(=O)OCc1oc(=O)oc1C)OC. The van der Waals surface area contributed by atoms with E-state index in [-0.39, 0.29) is 74.1 Å². The van der Waals surface area contributed by atoms with Crippen molar-refractivity contribution < 1.29 is 37.0 Å². The molecule has 0 radical (unpaired) electrons. The van der Waals surface area contributed by atoms with Crippen LogP contribution >= 0.6 is 0 Å². The molecule has 0 spiro atoms. The van der Waals surface area contributed by atoms with E-state index in [0.717, 1.165) is 0 Å². The number of hydrogen-bond donors (Lipinski definition) is 1. The van der Waals surface area contributed by atoms with Crippen molar-refractivity contribution in [3.63, 3.8) is 0 Å². The van der Waals surface area contributed by atoms with Crippen molar-refractivity contribution in [1.29, 1.82) is 0 Å². The highest BCUT2D eigenvalue weighted by molar-refractivity contribution is 5.81. The number of imidazole rings is 1. The lowest BCUT2D eigenvalue weighted by Crippen LogP contribution is -2.37. The van der Waals surface area contributed by atoms with Crippen LogP contribution in [-0.4, -0.2) is 69.4 Å². The number of rotatable bonds is 12. The first-order valence-electron chi connectivity index (χ1n) is 11.4. The zero-order chi connectivity index (χ0) is 27.9. The van der Waals surface area contributed by atoms with E-state index in [1.165, 1.54) is 32.3 Å². The van der Waals surface area contributed by atoms with E-state index in [9.17, 15) is 18.8 Å². The Labute approximate surface area is 215 Å². The summed E-state index contributed by atoms with van der Waals surface area (Å²) >= 11 is 0. The molecule has 3 aromatic heterocycles. The lowest BCUT2D eigenvalue weighted by Gasteiger charge is -2.26. The summed E-state index contributed by atoms with van der Waals surface area (Å²) in [5, 5.41) is 0. The maximum Gasteiger partial charge on any atom is 0.519 e. The highest BCUT2D eigenvalue weighted by atomic mass is 19.1. The molecule has 3 heterocycles. The number of carbonyl (C=O) groups excluding carboxylic acids is 2. The van der Waals surface area contributed by atoms with Crippen molar-refractivity contribution in [3.8, 4) is 12.3 Å². The van der Waals surface area contributed by atoms with Gasteiger partial charge in [-0.1, -0.05) is 5.92 Å². The fourth-order valence-electron chi connectivity index (χ4n) is 3.37. The fraction of sp³-hybridized carbons (Fsp3) is 0.478. The number of terminal acetylenes is 1. The summed E-state index contributed by atoms with van der Waals surface area (Å²) in [7, 11) is 2.88. The summed E-state index contributed by atoms with van der Waals surface area (Å²) in [4.78, 5) is 47.9. The third kappa shape index (κ3) is 6.85. The van der Waals surface area contributed by atoms with E-state index in [1.54, 1.807) is 4.57 Å². The van der Waals surface area contributed by atoms with Gasteiger partial charge >= 0.3 is 24.0 Å². The van der Waals surface area contributed by atoms with Crippen molar-refractivity contribution in [1.82, 2.24) is 24.4 Å². The number of hydrogen-bond acceptors (Lipinski definition) is 12. The highest BCUT2D eigenvalue weighted by Crippen LogP contribution is 2.21. The molecule has 0 aliphatic carbocycles. The average Bonchev–Trinajstić information content (AvgIpc) is 3.44. The number of aryl methyl sites for hydroxylation is 2. The summed E-state index contributed by atoms with van der Waals surface area (Å²) in [6, 6.07) is 0. The van der Waals surface area contributed by atoms with Gasteiger partial charge in [-0.3, -0.25) is 4.79 Å². The van der Waals surface area contributed by atoms with Gasteiger partial charge in [-0.05, 0) is 13.3 Å². The topological polar surface area (TPSA) is 178 Å². The monoisotopic (exact) mass is 534 g/mol. The molecule has 0 bridgehead atoms. The van der Waals surface area contributed by atoms with Crippen molar-refractivity contribution >= 4 is 29.0 Å². The van der Waals surface area contributed by atoms with Gasteiger partial charge in [0, 0.05) is 40.1 Å². The molecule has 0 saturated carbocycles. The molecule has 0 aliphatic rings. The number of nitrogens with zero attached hydrogens (tertiary/aromatic N) is 5. The smallest absolute Gasteiger partial charge is 0.462 e. The van der Waals surface area contributed by atoms with Crippen molar-refractivity contribution in [2.45, 2.75) is 44.9 Å². The molecule has 1 unspecified atom stereocenters. The van der Waals surface area contributed by atoms with Crippen LogP contribution in [0.2, 0.25) is 0 Å². The number of halogens is 1. The summed E-state index contributed by atoms with van der Waals surface area (Å²) in [6.07, 6.45) is 5.91. The van der Waals surface area contributed by atoms with Gasteiger partial charge in [-0.15, -0.1) is 6.42 Å². The molecule has 0 aliphatic heterocycles. The second kappa shape index (κ2) is 12.2. The zero-order valence-electron chi connectivity index (χ0n) is 21.1. The van der Waals surface area contributed by atoms with Crippen LogP contribution in [0, 0.1) is 25.3 Å².